The number of benzene rings is 2. The maximum Gasteiger partial charge on any atom is 0.175 e. The first-order valence-corrected chi connectivity index (χ1v) is 9.14. The van der Waals surface area contributed by atoms with Gasteiger partial charge in [-0.15, -0.1) is 0 Å². The van der Waals surface area contributed by atoms with Crippen LogP contribution in [0.15, 0.2) is 47.4 Å². The molecular formula is C16H14Cl2O3S. The van der Waals surface area contributed by atoms with Crippen molar-refractivity contribution in [2.75, 3.05) is 6.26 Å². The molecule has 116 valence electrons. The molecule has 2 rings (SSSR count). The predicted molar refractivity (Wildman–Crippen MR) is 88.8 cm³/mol. The Bertz CT molecular complexity index is 812. The third kappa shape index (κ3) is 3.69. The van der Waals surface area contributed by atoms with Crippen LogP contribution in [0.4, 0.5) is 0 Å². The van der Waals surface area contributed by atoms with Crippen LogP contribution in [-0.2, 0) is 9.84 Å². The predicted octanol–water partition coefficient (Wildman–Crippen LogP) is 4.38. The van der Waals surface area contributed by atoms with Crippen LogP contribution in [0.25, 0.3) is 0 Å². The Kier molecular flexibility index (Phi) is 4.95. The molecule has 0 aliphatic rings. The van der Waals surface area contributed by atoms with E-state index in [-0.39, 0.29) is 10.7 Å². The number of halogens is 2. The topological polar surface area (TPSA) is 51.2 Å². The number of hydrogen-bond acceptors (Lipinski definition) is 3. The first kappa shape index (κ1) is 17.0. The van der Waals surface area contributed by atoms with Gasteiger partial charge in [-0.05, 0) is 29.8 Å². The summed E-state index contributed by atoms with van der Waals surface area (Å²) in [6.45, 7) is 1.75. The maximum absolute atomic E-state index is 12.5. The minimum Gasteiger partial charge on any atom is -0.294 e. The third-order valence-corrected chi connectivity index (χ3v) is 5.08. The second kappa shape index (κ2) is 6.41. The number of rotatable bonds is 4. The zero-order valence-corrected chi connectivity index (χ0v) is 14.3. The lowest BCUT2D eigenvalue weighted by Crippen LogP contribution is -2.10. The van der Waals surface area contributed by atoms with Gasteiger partial charge in [0.1, 0.15) is 0 Å². The summed E-state index contributed by atoms with van der Waals surface area (Å²) in [5.41, 5.74) is 1.12. The molecule has 0 aliphatic heterocycles. The van der Waals surface area contributed by atoms with Crippen molar-refractivity contribution in [3.05, 3.63) is 63.6 Å². The summed E-state index contributed by atoms with van der Waals surface area (Å²) in [7, 11) is -3.28. The minimum absolute atomic E-state index is 0.135. The Morgan fingerprint density at radius 2 is 1.64 bits per heavy atom. The van der Waals surface area contributed by atoms with Gasteiger partial charge in [-0.3, -0.25) is 4.79 Å². The van der Waals surface area contributed by atoms with Crippen molar-refractivity contribution in [2.24, 2.45) is 0 Å². The molecule has 0 radical (unpaired) electrons. The van der Waals surface area contributed by atoms with Crippen molar-refractivity contribution in [2.45, 2.75) is 17.7 Å². The molecule has 6 heteroatoms. The molecule has 0 saturated heterocycles. The molecule has 0 N–H and O–H groups in total. The van der Waals surface area contributed by atoms with E-state index in [1.807, 2.05) is 0 Å². The molecule has 0 aromatic heterocycles. The quantitative estimate of drug-likeness (QED) is 0.763. The monoisotopic (exact) mass is 356 g/mol. The molecule has 2 aromatic rings. The van der Waals surface area contributed by atoms with Crippen molar-refractivity contribution in [3.63, 3.8) is 0 Å². The highest BCUT2D eigenvalue weighted by molar-refractivity contribution is 7.90. The zero-order valence-electron chi connectivity index (χ0n) is 12.0. The lowest BCUT2D eigenvalue weighted by Gasteiger charge is -2.13. The largest absolute Gasteiger partial charge is 0.294 e. The number of ketones is 1. The number of carbonyl (C=O) groups excluding carboxylic acids is 1. The third-order valence-electron chi connectivity index (χ3n) is 3.39. The molecule has 0 bridgehead atoms. The first-order chi connectivity index (χ1) is 10.2. The summed E-state index contributed by atoms with van der Waals surface area (Å²) in [6, 6.07) is 10.9. The van der Waals surface area contributed by atoms with E-state index in [1.165, 1.54) is 24.3 Å². The highest BCUT2D eigenvalue weighted by Gasteiger charge is 2.20. The van der Waals surface area contributed by atoms with Gasteiger partial charge < -0.3 is 0 Å². The van der Waals surface area contributed by atoms with Gasteiger partial charge in [0, 0.05) is 27.8 Å². The van der Waals surface area contributed by atoms with Crippen LogP contribution in [-0.4, -0.2) is 20.5 Å². The van der Waals surface area contributed by atoms with E-state index < -0.39 is 15.8 Å². The van der Waals surface area contributed by atoms with Crippen LogP contribution < -0.4 is 0 Å². The van der Waals surface area contributed by atoms with Gasteiger partial charge in [-0.1, -0.05) is 48.3 Å². The van der Waals surface area contributed by atoms with Crippen LogP contribution in [0.2, 0.25) is 10.0 Å². The molecule has 3 nitrogen and oxygen atoms in total. The van der Waals surface area contributed by atoms with Crippen LogP contribution in [0.3, 0.4) is 0 Å². The molecule has 2 aromatic carbocycles. The highest BCUT2D eigenvalue weighted by atomic mass is 35.5. The van der Waals surface area contributed by atoms with Crippen LogP contribution in [0.1, 0.15) is 28.8 Å². The Morgan fingerprint density at radius 1 is 1.05 bits per heavy atom. The lowest BCUT2D eigenvalue weighted by atomic mass is 9.92. The number of sulfone groups is 1. The molecule has 1 unspecified atom stereocenters. The summed E-state index contributed by atoms with van der Waals surface area (Å²) < 4.78 is 22.9. The van der Waals surface area contributed by atoms with E-state index in [2.05, 4.69) is 0 Å². The molecule has 0 amide bonds. The molecule has 1 atom stereocenters. The fourth-order valence-corrected chi connectivity index (χ4v) is 3.31. The summed E-state index contributed by atoms with van der Waals surface area (Å²) in [6.07, 6.45) is 1.12. The number of hydrogen-bond donors (Lipinski definition) is 0. The Balaban J connectivity index is 2.31. The van der Waals surface area contributed by atoms with E-state index in [1.54, 1.807) is 25.1 Å². The average molecular weight is 357 g/mol. The summed E-state index contributed by atoms with van der Waals surface area (Å²) in [4.78, 5) is 12.7. The fourth-order valence-electron chi connectivity index (χ4n) is 2.11. The molecule has 0 heterocycles. The average Bonchev–Trinajstić information content (AvgIpc) is 2.45. The number of Topliss-reactive ketones (excluding diaryl/α,β-unsaturated/α-hetero) is 1. The Hall–Kier alpha value is -1.36. The summed E-state index contributed by atoms with van der Waals surface area (Å²) in [5.74, 6) is -0.585. The van der Waals surface area contributed by atoms with E-state index in [0.29, 0.717) is 21.2 Å². The van der Waals surface area contributed by atoms with Crippen molar-refractivity contribution in [1.82, 2.24) is 0 Å². The number of carbonyl (C=O) groups is 1. The second-order valence-corrected chi connectivity index (χ2v) is 7.91. The molecular weight excluding hydrogens is 343 g/mol. The zero-order chi connectivity index (χ0) is 16.5. The van der Waals surface area contributed by atoms with Gasteiger partial charge in [0.2, 0.25) is 0 Å². The Labute approximate surface area is 139 Å². The van der Waals surface area contributed by atoms with Crippen molar-refractivity contribution < 1.29 is 13.2 Å². The summed E-state index contributed by atoms with van der Waals surface area (Å²) >= 11 is 12.0. The molecule has 0 spiro atoms. The maximum atomic E-state index is 12.5. The minimum atomic E-state index is -3.28. The van der Waals surface area contributed by atoms with Gasteiger partial charge in [0.05, 0.1) is 4.90 Å². The standard InChI is InChI=1S/C16H14Cl2O3S/c1-10(14-8-5-12(17)9-15(14)18)16(19)11-3-6-13(7-4-11)22(2,20)21/h3-10H,1-2H3. The van der Waals surface area contributed by atoms with Crippen LogP contribution in [0.5, 0.6) is 0 Å². The van der Waals surface area contributed by atoms with E-state index >= 15 is 0 Å². The lowest BCUT2D eigenvalue weighted by molar-refractivity contribution is 0.0966. The summed E-state index contributed by atoms with van der Waals surface area (Å²) in [5, 5.41) is 0.937. The fraction of sp³-hybridized carbons (Fsp3) is 0.188. The smallest absolute Gasteiger partial charge is 0.175 e. The SMILES string of the molecule is CC(C(=O)c1ccc(S(C)(=O)=O)cc1)c1ccc(Cl)cc1Cl. The van der Waals surface area contributed by atoms with Crippen LogP contribution in [0, 0.1) is 0 Å². The molecule has 0 aliphatic carbocycles. The van der Waals surface area contributed by atoms with Crippen molar-refractivity contribution in [1.29, 1.82) is 0 Å². The second-order valence-electron chi connectivity index (χ2n) is 5.05. The van der Waals surface area contributed by atoms with Gasteiger partial charge in [0.25, 0.3) is 0 Å². The molecule has 0 fully saturated rings. The Morgan fingerprint density at radius 3 is 2.14 bits per heavy atom. The van der Waals surface area contributed by atoms with E-state index in [9.17, 15) is 13.2 Å². The first-order valence-electron chi connectivity index (χ1n) is 6.49. The van der Waals surface area contributed by atoms with Gasteiger partial charge in [-0.2, -0.15) is 0 Å². The van der Waals surface area contributed by atoms with Crippen molar-refractivity contribution in [3.8, 4) is 0 Å². The highest BCUT2D eigenvalue weighted by Crippen LogP contribution is 2.29. The van der Waals surface area contributed by atoms with Gasteiger partial charge in [-0.25, -0.2) is 8.42 Å². The van der Waals surface area contributed by atoms with Crippen LogP contribution >= 0.6 is 23.2 Å². The molecule has 22 heavy (non-hydrogen) atoms. The van der Waals surface area contributed by atoms with E-state index in [4.69, 9.17) is 23.2 Å². The van der Waals surface area contributed by atoms with Gasteiger partial charge in [0.15, 0.2) is 15.6 Å². The van der Waals surface area contributed by atoms with Crippen molar-refractivity contribution >= 4 is 38.8 Å². The normalized spacial score (nSPS) is 12.9. The molecule has 0 saturated carbocycles. The van der Waals surface area contributed by atoms with Gasteiger partial charge >= 0.3 is 0 Å². The van der Waals surface area contributed by atoms with E-state index in [0.717, 1.165) is 6.26 Å².